The van der Waals surface area contributed by atoms with Gasteiger partial charge in [-0.05, 0) is 13.3 Å². The first kappa shape index (κ1) is 12.7. The third-order valence-electron chi connectivity index (χ3n) is 1.52. The number of carbonyl (C=O) groups is 2. The van der Waals surface area contributed by atoms with Gasteiger partial charge in [-0.1, -0.05) is 13.3 Å². The molecule has 0 aliphatic carbocycles. The number of hydrogen-bond acceptors (Lipinski definition) is 3. The van der Waals surface area contributed by atoms with Gasteiger partial charge in [0, 0.05) is 6.54 Å². The standard InChI is InChI=1S/C9H18N2O3/c1-3-5-6-10-8(12)7-11-9(13)14-4-2/h3-7H2,1-2H3,(H,10,12)(H,11,13). The molecule has 14 heavy (non-hydrogen) atoms. The molecule has 2 N–H and O–H groups in total. The van der Waals surface area contributed by atoms with Crippen molar-refractivity contribution in [1.82, 2.24) is 10.6 Å². The smallest absolute Gasteiger partial charge is 0.407 e. The number of unbranched alkanes of at least 4 members (excludes halogenated alkanes) is 1. The molecule has 82 valence electrons. The SMILES string of the molecule is CCCCNC(=O)CNC(=O)OCC. The van der Waals surface area contributed by atoms with E-state index in [-0.39, 0.29) is 12.5 Å². The van der Waals surface area contributed by atoms with Crippen molar-refractivity contribution in [3.63, 3.8) is 0 Å². The van der Waals surface area contributed by atoms with Gasteiger partial charge in [0.25, 0.3) is 0 Å². The minimum atomic E-state index is -0.557. The molecule has 0 bridgehead atoms. The number of amides is 2. The summed E-state index contributed by atoms with van der Waals surface area (Å²) in [6, 6.07) is 0. The van der Waals surface area contributed by atoms with E-state index in [4.69, 9.17) is 0 Å². The molecule has 5 nitrogen and oxygen atoms in total. The zero-order chi connectivity index (χ0) is 10.8. The lowest BCUT2D eigenvalue weighted by Gasteiger charge is -2.05. The van der Waals surface area contributed by atoms with Gasteiger partial charge in [-0.15, -0.1) is 0 Å². The Kier molecular flexibility index (Phi) is 7.59. The zero-order valence-corrected chi connectivity index (χ0v) is 8.76. The summed E-state index contributed by atoms with van der Waals surface area (Å²) in [5, 5.41) is 5.01. The lowest BCUT2D eigenvalue weighted by molar-refractivity contribution is -0.120. The van der Waals surface area contributed by atoms with E-state index < -0.39 is 6.09 Å². The van der Waals surface area contributed by atoms with E-state index in [1.165, 1.54) is 0 Å². The second-order valence-electron chi connectivity index (χ2n) is 2.78. The highest BCUT2D eigenvalue weighted by Gasteiger charge is 2.03. The molecule has 2 amide bonds. The third kappa shape index (κ3) is 7.39. The van der Waals surface area contributed by atoms with Crippen molar-refractivity contribution in [1.29, 1.82) is 0 Å². The van der Waals surface area contributed by atoms with Crippen LogP contribution in [0, 0.1) is 0 Å². The maximum atomic E-state index is 11.0. The molecule has 0 aliphatic heterocycles. The second-order valence-corrected chi connectivity index (χ2v) is 2.78. The Morgan fingerprint density at radius 3 is 2.50 bits per heavy atom. The maximum Gasteiger partial charge on any atom is 0.407 e. The van der Waals surface area contributed by atoms with Gasteiger partial charge in [0.2, 0.25) is 5.91 Å². The van der Waals surface area contributed by atoms with Crippen LogP contribution in [0.5, 0.6) is 0 Å². The first-order valence-electron chi connectivity index (χ1n) is 4.88. The molecule has 0 saturated carbocycles. The molecule has 0 aromatic rings. The van der Waals surface area contributed by atoms with Gasteiger partial charge in [-0.3, -0.25) is 4.79 Å². The van der Waals surface area contributed by atoms with Crippen molar-refractivity contribution >= 4 is 12.0 Å². The van der Waals surface area contributed by atoms with Crippen molar-refractivity contribution in [2.75, 3.05) is 19.7 Å². The minimum absolute atomic E-state index is 0.0253. The molecular weight excluding hydrogens is 184 g/mol. The molecule has 0 aromatic heterocycles. The summed E-state index contributed by atoms with van der Waals surface area (Å²) in [7, 11) is 0. The van der Waals surface area contributed by atoms with Crippen LogP contribution in [0.1, 0.15) is 26.7 Å². The Balaban J connectivity index is 3.39. The third-order valence-corrected chi connectivity index (χ3v) is 1.52. The summed E-state index contributed by atoms with van der Waals surface area (Å²) in [5.41, 5.74) is 0. The number of carbonyl (C=O) groups excluding carboxylic acids is 2. The number of nitrogens with one attached hydrogen (secondary N) is 2. The van der Waals surface area contributed by atoms with Gasteiger partial charge in [0.15, 0.2) is 0 Å². The van der Waals surface area contributed by atoms with E-state index in [0.29, 0.717) is 13.2 Å². The van der Waals surface area contributed by atoms with Crippen LogP contribution < -0.4 is 10.6 Å². The lowest BCUT2D eigenvalue weighted by Crippen LogP contribution is -2.37. The summed E-state index contributed by atoms with van der Waals surface area (Å²) >= 11 is 0. The first-order chi connectivity index (χ1) is 6.70. The van der Waals surface area contributed by atoms with Crippen LogP contribution in [-0.4, -0.2) is 31.7 Å². The second kappa shape index (κ2) is 8.34. The predicted octanol–water partition coefficient (Wildman–Crippen LogP) is 0.649. The van der Waals surface area contributed by atoms with E-state index in [1.54, 1.807) is 6.92 Å². The average Bonchev–Trinajstić information content (AvgIpc) is 2.16. The largest absolute Gasteiger partial charge is 0.450 e. The molecular formula is C9H18N2O3. The molecule has 0 heterocycles. The first-order valence-corrected chi connectivity index (χ1v) is 4.88. The van der Waals surface area contributed by atoms with Crippen LogP contribution in [0.2, 0.25) is 0 Å². The maximum absolute atomic E-state index is 11.0. The van der Waals surface area contributed by atoms with E-state index in [0.717, 1.165) is 12.8 Å². The fourth-order valence-corrected chi connectivity index (χ4v) is 0.802. The van der Waals surface area contributed by atoms with Gasteiger partial charge in [0.05, 0.1) is 13.2 Å². The Bertz CT molecular complexity index is 183. The summed E-state index contributed by atoms with van der Waals surface area (Å²) < 4.78 is 4.59. The van der Waals surface area contributed by atoms with Crippen molar-refractivity contribution in [3.05, 3.63) is 0 Å². The van der Waals surface area contributed by atoms with Crippen molar-refractivity contribution < 1.29 is 14.3 Å². The van der Waals surface area contributed by atoms with E-state index in [9.17, 15) is 9.59 Å². The molecule has 0 radical (unpaired) electrons. The van der Waals surface area contributed by atoms with Crippen LogP contribution in [0.15, 0.2) is 0 Å². The quantitative estimate of drug-likeness (QED) is 0.621. The number of rotatable bonds is 6. The van der Waals surface area contributed by atoms with Crippen LogP contribution in [0.4, 0.5) is 4.79 Å². The summed E-state index contributed by atoms with van der Waals surface area (Å²) in [6.45, 7) is 4.69. The molecule has 0 atom stereocenters. The van der Waals surface area contributed by atoms with E-state index in [2.05, 4.69) is 15.4 Å². The Morgan fingerprint density at radius 2 is 1.93 bits per heavy atom. The van der Waals surface area contributed by atoms with E-state index in [1.807, 2.05) is 6.92 Å². The molecule has 0 aliphatic rings. The summed E-state index contributed by atoms with van der Waals surface area (Å²) in [4.78, 5) is 21.8. The topological polar surface area (TPSA) is 67.4 Å². The number of ether oxygens (including phenoxy) is 1. The molecule has 0 unspecified atom stereocenters. The molecule has 0 fully saturated rings. The van der Waals surface area contributed by atoms with Gasteiger partial charge in [0.1, 0.15) is 0 Å². The van der Waals surface area contributed by atoms with Crippen LogP contribution >= 0.6 is 0 Å². The number of alkyl carbamates (subject to hydrolysis) is 1. The fourth-order valence-electron chi connectivity index (χ4n) is 0.802. The van der Waals surface area contributed by atoms with Gasteiger partial charge in [-0.2, -0.15) is 0 Å². The highest BCUT2D eigenvalue weighted by atomic mass is 16.5. The highest BCUT2D eigenvalue weighted by molar-refractivity contribution is 5.81. The lowest BCUT2D eigenvalue weighted by atomic mass is 10.3. The molecule has 0 spiro atoms. The summed E-state index contributed by atoms with van der Waals surface area (Å²) in [5.74, 6) is -0.188. The predicted molar refractivity (Wildman–Crippen MR) is 52.9 cm³/mol. The van der Waals surface area contributed by atoms with Crippen LogP contribution in [0.3, 0.4) is 0 Å². The van der Waals surface area contributed by atoms with Gasteiger partial charge < -0.3 is 15.4 Å². The Morgan fingerprint density at radius 1 is 1.21 bits per heavy atom. The van der Waals surface area contributed by atoms with Crippen molar-refractivity contribution in [3.8, 4) is 0 Å². The van der Waals surface area contributed by atoms with E-state index >= 15 is 0 Å². The molecule has 0 saturated heterocycles. The average molecular weight is 202 g/mol. The highest BCUT2D eigenvalue weighted by Crippen LogP contribution is 1.82. The van der Waals surface area contributed by atoms with Gasteiger partial charge >= 0.3 is 6.09 Å². The van der Waals surface area contributed by atoms with Gasteiger partial charge in [-0.25, -0.2) is 4.79 Å². The number of hydrogen-bond donors (Lipinski definition) is 2. The minimum Gasteiger partial charge on any atom is -0.450 e. The Hall–Kier alpha value is -1.26. The normalized spacial score (nSPS) is 9.29. The van der Waals surface area contributed by atoms with Crippen LogP contribution in [0.25, 0.3) is 0 Å². The van der Waals surface area contributed by atoms with Crippen LogP contribution in [-0.2, 0) is 9.53 Å². The Labute approximate surface area is 84.2 Å². The van der Waals surface area contributed by atoms with Crippen molar-refractivity contribution in [2.24, 2.45) is 0 Å². The molecule has 5 heteroatoms. The summed E-state index contributed by atoms with van der Waals surface area (Å²) in [6.07, 6.45) is 1.43. The monoisotopic (exact) mass is 202 g/mol. The molecule has 0 rings (SSSR count). The molecule has 0 aromatic carbocycles. The zero-order valence-electron chi connectivity index (χ0n) is 8.76. The van der Waals surface area contributed by atoms with Crippen molar-refractivity contribution in [2.45, 2.75) is 26.7 Å². The fraction of sp³-hybridized carbons (Fsp3) is 0.778.